The molecule has 13 nitrogen and oxygen atoms in total. The van der Waals surface area contributed by atoms with Crippen molar-refractivity contribution < 1.29 is 29.0 Å². The van der Waals surface area contributed by atoms with E-state index in [1.54, 1.807) is 0 Å². The second-order valence-electron chi connectivity index (χ2n) is 9.13. The van der Waals surface area contributed by atoms with E-state index < -0.39 is 36.1 Å². The van der Waals surface area contributed by atoms with E-state index >= 15 is 0 Å². The third-order valence-corrected chi connectivity index (χ3v) is 6.14. The average molecular weight is 534 g/mol. The van der Waals surface area contributed by atoms with Gasteiger partial charge in [-0.25, -0.2) is 9.59 Å². The largest absolute Gasteiger partial charge is 0.480 e. The molecule has 1 aromatic rings. The predicted octanol–water partition coefficient (Wildman–Crippen LogP) is 0.0244. The van der Waals surface area contributed by atoms with Crippen molar-refractivity contribution in [2.24, 2.45) is 22.2 Å². The van der Waals surface area contributed by atoms with Crippen LogP contribution in [0.4, 0.5) is 4.79 Å². The lowest BCUT2D eigenvalue weighted by Crippen LogP contribution is -2.53. The molecule has 2 rings (SSSR count). The molecule has 1 aromatic carbocycles. The van der Waals surface area contributed by atoms with E-state index in [0.717, 1.165) is 5.56 Å². The summed E-state index contributed by atoms with van der Waals surface area (Å²) in [5, 5.41) is 14.7. The lowest BCUT2D eigenvalue weighted by Gasteiger charge is -2.27. The molecule has 1 fully saturated rings. The van der Waals surface area contributed by atoms with Gasteiger partial charge in [-0.2, -0.15) is 0 Å². The number of alkyl carbamates (subject to hydrolysis) is 1. The minimum Gasteiger partial charge on any atom is -0.480 e. The quantitative estimate of drug-likeness (QED) is 0.102. The van der Waals surface area contributed by atoms with Crippen LogP contribution in [0.25, 0.3) is 0 Å². The number of carbonyl (C=O) groups is 4. The lowest BCUT2D eigenvalue weighted by molar-refractivity contribution is -0.144. The van der Waals surface area contributed by atoms with E-state index in [-0.39, 0.29) is 31.4 Å². The Labute approximate surface area is 222 Å². The molecule has 3 amide bonds. The van der Waals surface area contributed by atoms with Crippen molar-refractivity contribution >= 4 is 29.8 Å². The Balaban J connectivity index is 1.71. The molecule has 1 aliphatic rings. The van der Waals surface area contributed by atoms with E-state index in [1.165, 1.54) is 4.90 Å². The number of unbranched alkanes of at least 4 members (excludes halogenated alkanes) is 1. The SMILES string of the molecule is NC(N)=NCCC[C@H](NC(=O)[C@@H]1CCCN1C(=O)[C@@H](N)CCCCNC(=O)OCc1ccccc1)C(=O)O. The van der Waals surface area contributed by atoms with Crippen LogP contribution in [0, 0.1) is 0 Å². The Bertz CT molecular complexity index is 955. The molecule has 0 bridgehead atoms. The lowest BCUT2D eigenvalue weighted by atomic mass is 10.1. The highest BCUT2D eigenvalue weighted by Crippen LogP contribution is 2.20. The number of hydrogen-bond donors (Lipinski definition) is 6. The summed E-state index contributed by atoms with van der Waals surface area (Å²) in [6, 6.07) is 6.65. The normalized spacial score (nSPS) is 16.2. The van der Waals surface area contributed by atoms with Crippen LogP contribution in [0.1, 0.15) is 50.5 Å². The van der Waals surface area contributed by atoms with Crippen LogP contribution in [0.2, 0.25) is 0 Å². The van der Waals surface area contributed by atoms with Crippen LogP contribution in [0.3, 0.4) is 0 Å². The molecule has 0 aromatic heterocycles. The first-order valence-electron chi connectivity index (χ1n) is 12.8. The van der Waals surface area contributed by atoms with Crippen LogP contribution < -0.4 is 27.8 Å². The van der Waals surface area contributed by atoms with Gasteiger partial charge in [0.15, 0.2) is 5.96 Å². The second kappa shape index (κ2) is 16.1. The summed E-state index contributed by atoms with van der Waals surface area (Å²) in [6.45, 7) is 1.18. The van der Waals surface area contributed by atoms with Gasteiger partial charge in [0.25, 0.3) is 0 Å². The van der Waals surface area contributed by atoms with Crippen LogP contribution in [-0.2, 0) is 25.7 Å². The Morgan fingerprint density at radius 2 is 1.84 bits per heavy atom. The van der Waals surface area contributed by atoms with E-state index in [1.807, 2.05) is 30.3 Å². The first kappa shape index (κ1) is 30.4. The molecule has 0 radical (unpaired) electrons. The monoisotopic (exact) mass is 533 g/mol. The molecule has 1 saturated heterocycles. The number of likely N-dealkylation sites (tertiary alicyclic amines) is 1. The van der Waals surface area contributed by atoms with E-state index in [2.05, 4.69) is 15.6 Å². The Morgan fingerprint density at radius 3 is 2.53 bits per heavy atom. The van der Waals surface area contributed by atoms with Crippen LogP contribution in [-0.4, -0.2) is 77.6 Å². The Morgan fingerprint density at radius 1 is 1.11 bits per heavy atom. The number of nitrogens with one attached hydrogen (secondary N) is 2. The highest BCUT2D eigenvalue weighted by molar-refractivity contribution is 5.92. The summed E-state index contributed by atoms with van der Waals surface area (Å²) in [5.41, 5.74) is 17.5. The fraction of sp³-hybridized carbons (Fsp3) is 0.560. The number of nitrogens with two attached hydrogens (primary N) is 3. The fourth-order valence-corrected chi connectivity index (χ4v) is 4.12. The molecule has 38 heavy (non-hydrogen) atoms. The van der Waals surface area contributed by atoms with Gasteiger partial charge in [0.05, 0.1) is 6.04 Å². The Kier molecular flexibility index (Phi) is 12.8. The summed E-state index contributed by atoms with van der Waals surface area (Å²) in [5.74, 6) is -2.13. The maximum Gasteiger partial charge on any atom is 0.407 e. The van der Waals surface area contributed by atoms with Gasteiger partial charge in [-0.3, -0.25) is 14.6 Å². The van der Waals surface area contributed by atoms with Crippen molar-refractivity contribution in [2.75, 3.05) is 19.6 Å². The summed E-state index contributed by atoms with van der Waals surface area (Å²) < 4.78 is 5.15. The van der Waals surface area contributed by atoms with Crippen molar-refractivity contribution in [3.8, 4) is 0 Å². The van der Waals surface area contributed by atoms with Gasteiger partial charge < -0.3 is 42.6 Å². The molecule has 0 unspecified atom stereocenters. The molecule has 0 aliphatic carbocycles. The highest BCUT2D eigenvalue weighted by Gasteiger charge is 2.37. The van der Waals surface area contributed by atoms with Crippen molar-refractivity contribution in [2.45, 2.75) is 69.7 Å². The molecule has 3 atom stereocenters. The van der Waals surface area contributed by atoms with Gasteiger partial charge in [-0.05, 0) is 50.5 Å². The van der Waals surface area contributed by atoms with E-state index in [4.69, 9.17) is 21.9 Å². The van der Waals surface area contributed by atoms with Crippen molar-refractivity contribution in [3.63, 3.8) is 0 Å². The molecular formula is C25H39N7O6. The number of rotatable bonds is 15. The van der Waals surface area contributed by atoms with Crippen molar-refractivity contribution in [3.05, 3.63) is 35.9 Å². The fourth-order valence-electron chi connectivity index (χ4n) is 4.12. The van der Waals surface area contributed by atoms with Crippen LogP contribution >= 0.6 is 0 Å². The first-order valence-corrected chi connectivity index (χ1v) is 12.8. The number of nitrogens with zero attached hydrogens (tertiary/aromatic N) is 2. The zero-order valence-corrected chi connectivity index (χ0v) is 21.5. The minimum atomic E-state index is -1.17. The maximum atomic E-state index is 12.9. The molecule has 1 aliphatic heterocycles. The number of carbonyl (C=O) groups excluding carboxylic acids is 3. The zero-order chi connectivity index (χ0) is 27.9. The van der Waals surface area contributed by atoms with E-state index in [9.17, 15) is 24.3 Å². The first-order chi connectivity index (χ1) is 18.2. The molecular weight excluding hydrogens is 494 g/mol. The third kappa shape index (κ3) is 10.6. The number of benzene rings is 1. The smallest absolute Gasteiger partial charge is 0.407 e. The highest BCUT2D eigenvalue weighted by atomic mass is 16.5. The number of amides is 3. The second-order valence-corrected chi connectivity index (χ2v) is 9.13. The molecule has 0 saturated carbocycles. The minimum absolute atomic E-state index is 0.0880. The number of aliphatic carboxylic acids is 1. The molecule has 210 valence electrons. The number of carboxylic acids is 1. The number of carboxylic acid groups (broad SMARTS) is 1. The third-order valence-electron chi connectivity index (χ3n) is 6.14. The molecule has 13 heteroatoms. The van der Waals surface area contributed by atoms with Gasteiger partial charge in [0.2, 0.25) is 11.8 Å². The average Bonchev–Trinajstić information content (AvgIpc) is 3.39. The summed E-state index contributed by atoms with van der Waals surface area (Å²) in [7, 11) is 0. The number of hydrogen-bond acceptors (Lipinski definition) is 7. The summed E-state index contributed by atoms with van der Waals surface area (Å²) in [4.78, 5) is 54.4. The van der Waals surface area contributed by atoms with Gasteiger partial charge >= 0.3 is 12.1 Å². The van der Waals surface area contributed by atoms with Crippen LogP contribution in [0.15, 0.2) is 35.3 Å². The predicted molar refractivity (Wildman–Crippen MR) is 141 cm³/mol. The standard InChI is InChI=1S/C25H39N7O6/c26-18(10-4-5-13-30-25(37)38-16-17-8-2-1-3-9-17)22(34)32-15-7-12-20(32)21(33)31-19(23(35)36)11-6-14-29-24(27)28/h1-3,8-9,18-20H,4-7,10-16,26H2,(H,30,37)(H,31,33)(H,35,36)(H4,27,28,29)/t18-,19-,20-/m0/s1. The Hall–Kier alpha value is -3.87. The molecule has 1 heterocycles. The van der Waals surface area contributed by atoms with Gasteiger partial charge in [-0.1, -0.05) is 30.3 Å². The summed E-state index contributed by atoms with van der Waals surface area (Å²) >= 11 is 0. The number of ether oxygens (including phenoxy) is 1. The molecule has 0 spiro atoms. The van der Waals surface area contributed by atoms with Gasteiger partial charge in [0, 0.05) is 19.6 Å². The zero-order valence-electron chi connectivity index (χ0n) is 21.5. The van der Waals surface area contributed by atoms with Crippen molar-refractivity contribution in [1.29, 1.82) is 0 Å². The topological polar surface area (TPSA) is 215 Å². The number of aliphatic imine (C=N–C) groups is 1. The molecule has 9 N–H and O–H groups in total. The van der Waals surface area contributed by atoms with E-state index in [0.29, 0.717) is 51.6 Å². The number of guanidine groups is 1. The van der Waals surface area contributed by atoms with Crippen molar-refractivity contribution in [1.82, 2.24) is 15.5 Å². The summed E-state index contributed by atoms with van der Waals surface area (Å²) in [6.07, 6.45) is 2.62. The maximum absolute atomic E-state index is 12.9. The van der Waals surface area contributed by atoms with Crippen LogP contribution in [0.5, 0.6) is 0 Å². The van der Waals surface area contributed by atoms with Gasteiger partial charge in [-0.15, -0.1) is 0 Å². The van der Waals surface area contributed by atoms with Gasteiger partial charge in [0.1, 0.15) is 18.7 Å².